The lowest BCUT2D eigenvalue weighted by atomic mass is 10.1. The highest BCUT2D eigenvalue weighted by atomic mass is 16.6. The molecule has 0 aromatic heterocycles. The maximum Gasteiger partial charge on any atom is 0.306 e. The number of amides is 2. The molecule has 2 N–H and O–H groups in total. The molecular weight excluding hydrogens is 424 g/mol. The Morgan fingerprint density at radius 1 is 1.15 bits per heavy atom. The van der Waals surface area contributed by atoms with E-state index in [0.29, 0.717) is 22.4 Å². The van der Waals surface area contributed by atoms with Crippen LogP contribution in [0.4, 0.5) is 0 Å². The zero-order chi connectivity index (χ0) is 24.2. The van der Waals surface area contributed by atoms with Gasteiger partial charge in [-0.25, -0.2) is 0 Å². The lowest BCUT2D eigenvalue weighted by Gasteiger charge is -2.26. The molecule has 0 fully saturated rings. The molecule has 0 aliphatic carbocycles. The van der Waals surface area contributed by atoms with Crippen molar-refractivity contribution in [1.29, 1.82) is 0 Å². The van der Waals surface area contributed by atoms with Gasteiger partial charge in [0, 0.05) is 23.1 Å². The minimum absolute atomic E-state index is 0.0366. The Morgan fingerprint density at radius 3 is 2.45 bits per heavy atom. The smallest absolute Gasteiger partial charge is 0.306 e. The molecule has 1 aliphatic heterocycles. The molecule has 1 heterocycles. The van der Waals surface area contributed by atoms with E-state index in [1.807, 2.05) is 0 Å². The molecule has 2 aromatic rings. The van der Waals surface area contributed by atoms with Crippen molar-refractivity contribution in [2.24, 2.45) is 5.73 Å². The zero-order valence-electron chi connectivity index (χ0n) is 19.0. The number of hydrogen-bond acceptors (Lipinski definition) is 6. The molecular formula is C25H28N2O6. The highest BCUT2D eigenvalue weighted by molar-refractivity contribution is 6.01. The number of carbonyl (C=O) groups excluding carboxylic acids is 4. The number of carbonyl (C=O) groups is 4. The molecule has 0 saturated carbocycles. The Bertz CT molecular complexity index is 1060. The van der Waals surface area contributed by atoms with Gasteiger partial charge in [-0.2, -0.15) is 0 Å². The largest absolute Gasteiger partial charge is 0.489 e. The average Bonchev–Trinajstić information content (AvgIpc) is 3.08. The molecule has 3 rings (SSSR count). The first kappa shape index (κ1) is 24.0. The van der Waals surface area contributed by atoms with Crippen LogP contribution in [-0.4, -0.2) is 40.6 Å². The second-order valence-electron chi connectivity index (χ2n) is 8.91. The van der Waals surface area contributed by atoms with Gasteiger partial charge in [-0.05, 0) is 44.9 Å². The van der Waals surface area contributed by atoms with E-state index >= 15 is 0 Å². The molecule has 2 amide bonds. The van der Waals surface area contributed by atoms with Gasteiger partial charge in [-0.1, -0.05) is 30.3 Å². The standard InChI is InChI=1S/C25H28N2O6/c1-25(2,3)33-22(29)12-11-20(23(26)30)27-13-19-18(24(27)31)5-4-6-21(19)32-15-17-9-7-16(14-28)8-10-17/h4-10,14,20H,11-13,15H2,1-3H3,(H2,26,30)/t20-/m0/s1. The number of benzene rings is 2. The quantitative estimate of drug-likeness (QED) is 0.462. The fourth-order valence-electron chi connectivity index (χ4n) is 3.67. The average molecular weight is 453 g/mol. The summed E-state index contributed by atoms with van der Waals surface area (Å²) in [6, 6.07) is 11.2. The van der Waals surface area contributed by atoms with E-state index in [2.05, 4.69) is 0 Å². The molecule has 0 bridgehead atoms. The lowest BCUT2D eigenvalue weighted by Crippen LogP contribution is -2.45. The molecule has 0 spiro atoms. The predicted octanol–water partition coefficient (Wildman–Crippen LogP) is 3.01. The van der Waals surface area contributed by atoms with Gasteiger partial charge in [0.2, 0.25) is 5.91 Å². The van der Waals surface area contributed by atoms with Crippen LogP contribution in [0.2, 0.25) is 0 Å². The van der Waals surface area contributed by atoms with Crippen molar-refractivity contribution in [3.05, 3.63) is 64.7 Å². The first-order valence-electron chi connectivity index (χ1n) is 10.7. The van der Waals surface area contributed by atoms with Crippen molar-refractivity contribution in [1.82, 2.24) is 4.90 Å². The lowest BCUT2D eigenvalue weighted by molar-refractivity contribution is -0.155. The van der Waals surface area contributed by atoms with Crippen molar-refractivity contribution >= 4 is 24.1 Å². The van der Waals surface area contributed by atoms with Crippen molar-refractivity contribution < 1.29 is 28.7 Å². The van der Waals surface area contributed by atoms with E-state index < -0.39 is 23.5 Å². The van der Waals surface area contributed by atoms with E-state index in [1.165, 1.54) is 4.90 Å². The van der Waals surface area contributed by atoms with Gasteiger partial charge in [0.25, 0.3) is 5.91 Å². The van der Waals surface area contributed by atoms with Crippen molar-refractivity contribution in [3.8, 4) is 5.75 Å². The topological polar surface area (TPSA) is 116 Å². The maximum absolute atomic E-state index is 13.0. The van der Waals surface area contributed by atoms with E-state index in [9.17, 15) is 19.2 Å². The van der Waals surface area contributed by atoms with Crippen LogP contribution >= 0.6 is 0 Å². The van der Waals surface area contributed by atoms with Crippen LogP contribution in [0.25, 0.3) is 0 Å². The van der Waals surface area contributed by atoms with E-state index in [0.717, 1.165) is 11.8 Å². The summed E-state index contributed by atoms with van der Waals surface area (Å²) in [5.41, 5.74) is 7.48. The van der Waals surface area contributed by atoms with E-state index in [1.54, 1.807) is 63.2 Å². The van der Waals surface area contributed by atoms with Gasteiger partial charge >= 0.3 is 5.97 Å². The first-order chi connectivity index (χ1) is 15.6. The van der Waals surface area contributed by atoms with Gasteiger partial charge in [-0.15, -0.1) is 0 Å². The molecule has 2 aromatic carbocycles. The van der Waals surface area contributed by atoms with Gasteiger partial charge in [0.15, 0.2) is 0 Å². The van der Waals surface area contributed by atoms with Crippen molar-refractivity contribution in [2.75, 3.05) is 0 Å². The second kappa shape index (κ2) is 9.85. The second-order valence-corrected chi connectivity index (χ2v) is 8.91. The predicted molar refractivity (Wildman–Crippen MR) is 121 cm³/mol. The van der Waals surface area contributed by atoms with Crippen molar-refractivity contribution in [2.45, 2.75) is 58.4 Å². The van der Waals surface area contributed by atoms with Gasteiger partial charge in [0.1, 0.15) is 30.3 Å². The Labute approximate surface area is 192 Å². The Hall–Kier alpha value is -3.68. The summed E-state index contributed by atoms with van der Waals surface area (Å²) in [5, 5.41) is 0. The minimum Gasteiger partial charge on any atom is -0.489 e. The summed E-state index contributed by atoms with van der Waals surface area (Å²) in [6.45, 7) is 5.68. The SMILES string of the molecule is CC(C)(C)OC(=O)CC[C@@H](C(N)=O)N1Cc2c(OCc3ccc(C=O)cc3)cccc2C1=O. The molecule has 8 nitrogen and oxygen atoms in total. The highest BCUT2D eigenvalue weighted by Crippen LogP contribution is 2.33. The van der Waals surface area contributed by atoms with Crippen molar-refractivity contribution in [3.63, 3.8) is 0 Å². The van der Waals surface area contributed by atoms with Gasteiger partial charge < -0.3 is 20.1 Å². The summed E-state index contributed by atoms with van der Waals surface area (Å²) in [4.78, 5) is 49.5. The maximum atomic E-state index is 13.0. The molecule has 174 valence electrons. The van der Waals surface area contributed by atoms with Crippen LogP contribution in [0.5, 0.6) is 5.75 Å². The van der Waals surface area contributed by atoms with Crippen LogP contribution in [-0.2, 0) is 27.5 Å². The molecule has 33 heavy (non-hydrogen) atoms. The molecule has 8 heteroatoms. The normalized spacial score (nSPS) is 13.9. The number of hydrogen-bond donors (Lipinski definition) is 1. The monoisotopic (exact) mass is 452 g/mol. The number of fused-ring (bicyclic) bond motifs is 1. The van der Waals surface area contributed by atoms with Crippen LogP contribution in [0.15, 0.2) is 42.5 Å². The third-order valence-electron chi connectivity index (χ3n) is 5.21. The Morgan fingerprint density at radius 2 is 1.85 bits per heavy atom. The summed E-state index contributed by atoms with van der Waals surface area (Å²) in [5.74, 6) is -0.947. The van der Waals surface area contributed by atoms with Crippen LogP contribution in [0.1, 0.15) is 65.5 Å². The molecule has 1 aliphatic rings. The van der Waals surface area contributed by atoms with Gasteiger partial charge in [0.05, 0.1) is 6.54 Å². The molecule has 0 radical (unpaired) electrons. The molecule has 0 saturated heterocycles. The van der Waals surface area contributed by atoms with Crippen LogP contribution in [0, 0.1) is 0 Å². The minimum atomic E-state index is -0.943. The Balaban J connectivity index is 1.71. The summed E-state index contributed by atoms with van der Waals surface area (Å²) >= 11 is 0. The molecule has 0 unspecified atom stereocenters. The number of primary amides is 1. The third-order valence-corrected chi connectivity index (χ3v) is 5.21. The first-order valence-corrected chi connectivity index (χ1v) is 10.7. The summed E-state index contributed by atoms with van der Waals surface area (Å²) in [6.07, 6.45) is 0.807. The number of nitrogens with two attached hydrogens (primary N) is 1. The summed E-state index contributed by atoms with van der Waals surface area (Å²) < 4.78 is 11.2. The fraction of sp³-hybridized carbons (Fsp3) is 0.360. The van der Waals surface area contributed by atoms with Crippen LogP contribution < -0.4 is 10.5 Å². The highest BCUT2D eigenvalue weighted by Gasteiger charge is 2.37. The number of esters is 1. The number of nitrogens with zero attached hydrogens (tertiary/aromatic N) is 1. The third kappa shape index (κ3) is 5.97. The zero-order valence-corrected chi connectivity index (χ0v) is 19.0. The Kier molecular flexibility index (Phi) is 7.16. The number of rotatable bonds is 9. The number of aldehydes is 1. The molecule has 1 atom stereocenters. The van der Waals surface area contributed by atoms with Gasteiger partial charge in [-0.3, -0.25) is 19.2 Å². The van der Waals surface area contributed by atoms with Crippen LogP contribution in [0.3, 0.4) is 0 Å². The fourth-order valence-corrected chi connectivity index (χ4v) is 3.67. The van der Waals surface area contributed by atoms with E-state index in [4.69, 9.17) is 15.2 Å². The van der Waals surface area contributed by atoms with E-state index in [-0.39, 0.29) is 31.9 Å². The summed E-state index contributed by atoms with van der Waals surface area (Å²) in [7, 11) is 0. The number of ether oxygens (including phenoxy) is 2.